The normalized spacial score (nSPS) is 11.0. The van der Waals surface area contributed by atoms with Crippen LogP contribution in [0.15, 0.2) is 47.4 Å². The zero-order chi connectivity index (χ0) is 21.3. The van der Waals surface area contributed by atoms with Crippen LogP contribution in [0.1, 0.15) is 6.42 Å². The van der Waals surface area contributed by atoms with Crippen molar-refractivity contribution in [3.05, 3.63) is 47.5 Å². The number of halogens is 1. The lowest BCUT2D eigenvalue weighted by Gasteiger charge is -2.12. The molecule has 0 heterocycles. The molecular formula is C19H23ClN2O6S. The van der Waals surface area contributed by atoms with Crippen LogP contribution >= 0.6 is 11.6 Å². The summed E-state index contributed by atoms with van der Waals surface area (Å²) in [6.45, 7) is 0.786. The third-order valence-corrected chi connectivity index (χ3v) is 5.44. The number of anilines is 1. The highest BCUT2D eigenvalue weighted by atomic mass is 35.5. The second-order valence-corrected chi connectivity index (χ2v) is 8.00. The maximum absolute atomic E-state index is 12.5. The molecule has 0 aromatic heterocycles. The number of rotatable bonds is 11. The van der Waals surface area contributed by atoms with Crippen LogP contribution in [0, 0.1) is 0 Å². The number of hydrogen-bond acceptors (Lipinski definition) is 6. The Labute approximate surface area is 175 Å². The van der Waals surface area contributed by atoms with Crippen LogP contribution < -0.4 is 19.5 Å². The summed E-state index contributed by atoms with van der Waals surface area (Å²) in [6.07, 6.45) is 0.691. The molecule has 0 aliphatic heterocycles. The van der Waals surface area contributed by atoms with Crippen molar-refractivity contribution in [3.63, 3.8) is 0 Å². The van der Waals surface area contributed by atoms with Gasteiger partial charge in [-0.25, -0.2) is 8.42 Å². The van der Waals surface area contributed by atoms with Crippen LogP contribution in [0.4, 0.5) is 5.69 Å². The van der Waals surface area contributed by atoms with Crippen molar-refractivity contribution < 1.29 is 27.4 Å². The molecule has 2 aromatic rings. The number of hydrogen-bond donors (Lipinski definition) is 2. The van der Waals surface area contributed by atoms with Gasteiger partial charge in [0.2, 0.25) is 0 Å². The number of amides is 1. The van der Waals surface area contributed by atoms with Crippen molar-refractivity contribution in [1.29, 1.82) is 0 Å². The van der Waals surface area contributed by atoms with Gasteiger partial charge in [-0.3, -0.25) is 9.52 Å². The van der Waals surface area contributed by atoms with Gasteiger partial charge in [-0.2, -0.15) is 0 Å². The molecule has 0 radical (unpaired) electrons. The van der Waals surface area contributed by atoms with E-state index in [1.807, 2.05) is 0 Å². The molecule has 8 nitrogen and oxygen atoms in total. The summed E-state index contributed by atoms with van der Waals surface area (Å²) in [5, 5.41) is 2.75. The third kappa shape index (κ3) is 7.12. The first-order valence-corrected chi connectivity index (χ1v) is 10.6. The average Bonchev–Trinajstić information content (AvgIpc) is 2.70. The molecule has 0 aliphatic carbocycles. The predicted molar refractivity (Wildman–Crippen MR) is 110 cm³/mol. The Bertz CT molecular complexity index is 919. The minimum absolute atomic E-state index is 0.0327. The summed E-state index contributed by atoms with van der Waals surface area (Å²) in [4.78, 5) is 11.7. The molecule has 2 N–H and O–H groups in total. The minimum atomic E-state index is -3.84. The van der Waals surface area contributed by atoms with Gasteiger partial charge in [-0.1, -0.05) is 11.6 Å². The summed E-state index contributed by atoms with van der Waals surface area (Å²) < 4.78 is 42.8. The van der Waals surface area contributed by atoms with Gasteiger partial charge < -0.3 is 19.5 Å². The highest BCUT2D eigenvalue weighted by Gasteiger charge is 2.17. The van der Waals surface area contributed by atoms with E-state index in [1.165, 1.54) is 25.3 Å². The van der Waals surface area contributed by atoms with Crippen LogP contribution in [-0.4, -0.2) is 48.3 Å². The smallest absolute Gasteiger partial charge is 0.261 e. The van der Waals surface area contributed by atoms with Crippen LogP contribution in [0.5, 0.6) is 11.5 Å². The van der Waals surface area contributed by atoms with E-state index in [0.717, 1.165) is 0 Å². The lowest BCUT2D eigenvalue weighted by molar-refractivity contribution is -0.123. The predicted octanol–water partition coefficient (Wildman–Crippen LogP) is 2.68. The molecule has 0 saturated carbocycles. The van der Waals surface area contributed by atoms with E-state index in [-0.39, 0.29) is 28.2 Å². The summed E-state index contributed by atoms with van der Waals surface area (Å²) in [7, 11) is -0.733. The molecule has 0 unspecified atom stereocenters. The Balaban J connectivity index is 1.97. The molecule has 0 saturated heterocycles. The average molecular weight is 443 g/mol. The number of carbonyl (C=O) groups is 1. The molecule has 0 atom stereocenters. The number of carbonyl (C=O) groups excluding carboxylic acids is 1. The third-order valence-electron chi connectivity index (χ3n) is 3.76. The van der Waals surface area contributed by atoms with E-state index in [4.69, 9.17) is 25.8 Å². The number of methoxy groups -OCH3 is 2. The van der Waals surface area contributed by atoms with Crippen LogP contribution in [-0.2, 0) is 19.6 Å². The van der Waals surface area contributed by atoms with Crippen molar-refractivity contribution in [2.45, 2.75) is 11.3 Å². The first kappa shape index (κ1) is 22.8. The molecule has 10 heteroatoms. The first-order valence-electron chi connectivity index (χ1n) is 8.70. The standard InChI is InChI=1S/C19H23ClN2O6S/c1-26-11-3-10-21-19(23)13-28-18-9-8-16(12-17(18)20)29(24,25)22-14-4-6-15(27-2)7-5-14/h4-9,12,22H,3,10-11,13H2,1-2H3,(H,21,23). The van der Waals surface area contributed by atoms with E-state index < -0.39 is 10.0 Å². The molecule has 158 valence electrons. The second kappa shape index (κ2) is 10.9. The van der Waals surface area contributed by atoms with E-state index in [0.29, 0.717) is 31.0 Å². The van der Waals surface area contributed by atoms with Gasteiger partial charge in [-0.15, -0.1) is 0 Å². The number of nitrogens with one attached hydrogen (secondary N) is 2. The van der Waals surface area contributed by atoms with Gasteiger partial charge in [0.15, 0.2) is 6.61 Å². The van der Waals surface area contributed by atoms with Crippen LogP contribution in [0.2, 0.25) is 5.02 Å². The Hall–Kier alpha value is -2.49. The largest absolute Gasteiger partial charge is 0.497 e. The summed E-state index contributed by atoms with van der Waals surface area (Å²) in [6, 6.07) is 10.5. The molecule has 2 rings (SSSR count). The maximum atomic E-state index is 12.5. The van der Waals surface area contributed by atoms with E-state index in [2.05, 4.69) is 10.0 Å². The van der Waals surface area contributed by atoms with Gasteiger partial charge in [-0.05, 0) is 48.9 Å². The number of ether oxygens (including phenoxy) is 3. The Morgan fingerprint density at radius 1 is 1.10 bits per heavy atom. The van der Waals surface area contributed by atoms with Crippen molar-refractivity contribution in [1.82, 2.24) is 5.32 Å². The van der Waals surface area contributed by atoms with Crippen LogP contribution in [0.25, 0.3) is 0 Å². The van der Waals surface area contributed by atoms with E-state index in [1.54, 1.807) is 31.4 Å². The van der Waals surface area contributed by atoms with Gasteiger partial charge >= 0.3 is 0 Å². The van der Waals surface area contributed by atoms with E-state index in [9.17, 15) is 13.2 Å². The van der Waals surface area contributed by atoms with Crippen molar-refractivity contribution >= 4 is 33.2 Å². The van der Waals surface area contributed by atoms with Crippen molar-refractivity contribution in [2.24, 2.45) is 0 Å². The summed E-state index contributed by atoms with van der Waals surface area (Å²) >= 11 is 6.13. The van der Waals surface area contributed by atoms with E-state index >= 15 is 0 Å². The van der Waals surface area contributed by atoms with Gasteiger partial charge in [0.25, 0.3) is 15.9 Å². The van der Waals surface area contributed by atoms with Crippen molar-refractivity contribution in [2.75, 3.05) is 38.7 Å². The molecular weight excluding hydrogens is 420 g/mol. The minimum Gasteiger partial charge on any atom is -0.497 e. The molecule has 0 spiro atoms. The molecule has 0 fully saturated rings. The number of benzene rings is 2. The summed E-state index contributed by atoms with van der Waals surface area (Å²) in [5.41, 5.74) is 0.382. The number of sulfonamides is 1. The second-order valence-electron chi connectivity index (χ2n) is 5.91. The van der Waals surface area contributed by atoms with Gasteiger partial charge in [0, 0.05) is 25.9 Å². The van der Waals surface area contributed by atoms with Gasteiger partial charge in [0.1, 0.15) is 11.5 Å². The Morgan fingerprint density at radius 2 is 1.83 bits per heavy atom. The zero-order valence-electron chi connectivity index (χ0n) is 16.1. The Kier molecular flexibility index (Phi) is 8.56. The molecule has 1 amide bonds. The lowest BCUT2D eigenvalue weighted by atomic mass is 10.3. The van der Waals surface area contributed by atoms with Gasteiger partial charge in [0.05, 0.1) is 17.0 Å². The fourth-order valence-electron chi connectivity index (χ4n) is 2.28. The molecule has 0 aliphatic rings. The van der Waals surface area contributed by atoms with Crippen molar-refractivity contribution in [3.8, 4) is 11.5 Å². The Morgan fingerprint density at radius 3 is 2.45 bits per heavy atom. The quantitative estimate of drug-likeness (QED) is 0.518. The zero-order valence-corrected chi connectivity index (χ0v) is 17.7. The maximum Gasteiger partial charge on any atom is 0.261 e. The SMILES string of the molecule is COCCCNC(=O)COc1ccc(S(=O)(=O)Nc2ccc(OC)cc2)cc1Cl. The monoisotopic (exact) mass is 442 g/mol. The first-order chi connectivity index (χ1) is 13.9. The fourth-order valence-corrected chi connectivity index (χ4v) is 3.66. The molecule has 2 aromatic carbocycles. The lowest BCUT2D eigenvalue weighted by Crippen LogP contribution is -2.30. The summed E-state index contributed by atoms with van der Waals surface area (Å²) in [5.74, 6) is 0.511. The molecule has 0 bridgehead atoms. The fraction of sp³-hybridized carbons (Fsp3) is 0.316. The highest BCUT2D eigenvalue weighted by Crippen LogP contribution is 2.28. The molecule has 29 heavy (non-hydrogen) atoms. The highest BCUT2D eigenvalue weighted by molar-refractivity contribution is 7.92. The van der Waals surface area contributed by atoms with Crippen LogP contribution in [0.3, 0.4) is 0 Å². The topological polar surface area (TPSA) is 103 Å².